The third-order valence-corrected chi connectivity index (χ3v) is 5.33. The first kappa shape index (κ1) is 16.1. The molecule has 25 heavy (non-hydrogen) atoms. The number of aromatic nitrogens is 3. The lowest BCUT2D eigenvalue weighted by atomic mass is 9.80. The summed E-state index contributed by atoms with van der Waals surface area (Å²) in [5.41, 5.74) is 0.887. The molecule has 2 amide bonds. The number of urea groups is 1. The zero-order valence-electron chi connectivity index (χ0n) is 14.4. The lowest BCUT2D eigenvalue weighted by Crippen LogP contribution is -2.53. The van der Waals surface area contributed by atoms with Crippen LogP contribution in [0.1, 0.15) is 25.1 Å². The molecule has 0 saturated heterocycles. The highest BCUT2D eigenvalue weighted by atomic mass is 16.5. The number of hydrogen-bond donors (Lipinski definition) is 1. The van der Waals surface area contributed by atoms with E-state index >= 15 is 0 Å². The molecular formula is C18H23N5O2. The fraction of sp³-hybridized carbons (Fsp3) is 0.500. The van der Waals surface area contributed by atoms with Crippen LogP contribution >= 0.6 is 0 Å². The van der Waals surface area contributed by atoms with Gasteiger partial charge < -0.3 is 19.5 Å². The maximum atomic E-state index is 12.5. The van der Waals surface area contributed by atoms with Crippen molar-refractivity contribution in [1.29, 1.82) is 0 Å². The maximum absolute atomic E-state index is 12.5. The summed E-state index contributed by atoms with van der Waals surface area (Å²) in [6, 6.07) is 9.96. The van der Waals surface area contributed by atoms with Crippen LogP contribution in [-0.4, -0.2) is 51.5 Å². The Balaban J connectivity index is 1.41. The van der Waals surface area contributed by atoms with Crippen molar-refractivity contribution in [2.45, 2.75) is 38.0 Å². The van der Waals surface area contributed by atoms with Gasteiger partial charge in [-0.1, -0.05) is 30.3 Å². The van der Waals surface area contributed by atoms with Crippen LogP contribution in [0.2, 0.25) is 0 Å². The Morgan fingerprint density at radius 3 is 2.72 bits per heavy atom. The van der Waals surface area contributed by atoms with Crippen molar-refractivity contribution >= 4 is 6.03 Å². The molecular weight excluding hydrogens is 318 g/mol. The van der Waals surface area contributed by atoms with Crippen LogP contribution in [0.15, 0.2) is 30.3 Å². The normalized spacial score (nSPS) is 18.4. The van der Waals surface area contributed by atoms with Gasteiger partial charge in [-0.05, 0) is 19.3 Å². The molecule has 1 N–H and O–H groups in total. The Morgan fingerprint density at radius 1 is 1.24 bits per heavy atom. The molecule has 0 atom stereocenters. The van der Waals surface area contributed by atoms with Gasteiger partial charge in [0.1, 0.15) is 0 Å². The monoisotopic (exact) mass is 341 g/mol. The van der Waals surface area contributed by atoms with E-state index in [9.17, 15) is 4.79 Å². The number of amides is 2. The number of nitrogens with zero attached hydrogens (tertiary/aromatic N) is 4. The van der Waals surface area contributed by atoms with E-state index in [0.717, 1.165) is 30.1 Å². The van der Waals surface area contributed by atoms with Gasteiger partial charge in [-0.2, -0.15) is 0 Å². The first-order chi connectivity index (χ1) is 12.2. The van der Waals surface area contributed by atoms with Crippen LogP contribution in [0.5, 0.6) is 0 Å². The molecule has 1 saturated carbocycles. The minimum absolute atomic E-state index is 0.0566. The fourth-order valence-corrected chi connectivity index (χ4v) is 3.50. The van der Waals surface area contributed by atoms with Crippen LogP contribution in [0.25, 0.3) is 11.4 Å². The summed E-state index contributed by atoms with van der Waals surface area (Å²) in [6.07, 6.45) is 3.19. The Kier molecular flexibility index (Phi) is 4.17. The van der Waals surface area contributed by atoms with E-state index in [1.165, 1.54) is 6.42 Å². The van der Waals surface area contributed by atoms with Gasteiger partial charge in [0, 0.05) is 32.3 Å². The average Bonchev–Trinajstić information content (AvgIpc) is 3.05. The minimum Gasteiger partial charge on any atom is -0.376 e. The van der Waals surface area contributed by atoms with Gasteiger partial charge in [-0.15, -0.1) is 10.2 Å². The van der Waals surface area contributed by atoms with E-state index in [4.69, 9.17) is 4.74 Å². The van der Waals surface area contributed by atoms with Gasteiger partial charge in [-0.25, -0.2) is 4.79 Å². The van der Waals surface area contributed by atoms with E-state index in [1.54, 1.807) is 12.0 Å². The second-order valence-electron chi connectivity index (χ2n) is 6.78. The summed E-state index contributed by atoms with van der Waals surface area (Å²) in [5.74, 6) is 1.69. The Bertz CT molecular complexity index is 749. The van der Waals surface area contributed by atoms with E-state index < -0.39 is 0 Å². The number of methoxy groups -OCH3 is 1. The molecule has 1 fully saturated rings. The van der Waals surface area contributed by atoms with Gasteiger partial charge in [0.15, 0.2) is 11.6 Å². The molecule has 2 aliphatic rings. The molecule has 4 rings (SSSR count). The first-order valence-corrected chi connectivity index (χ1v) is 8.76. The van der Waals surface area contributed by atoms with Gasteiger partial charge in [0.25, 0.3) is 0 Å². The van der Waals surface area contributed by atoms with Crippen molar-refractivity contribution in [1.82, 2.24) is 25.0 Å². The number of benzene rings is 1. The van der Waals surface area contributed by atoms with E-state index in [-0.39, 0.29) is 11.6 Å². The predicted octanol–water partition coefficient (Wildman–Crippen LogP) is 2.04. The van der Waals surface area contributed by atoms with Crippen molar-refractivity contribution in [2.24, 2.45) is 0 Å². The summed E-state index contributed by atoms with van der Waals surface area (Å²) in [7, 11) is 1.72. The zero-order chi connectivity index (χ0) is 17.3. The highest BCUT2D eigenvalue weighted by Crippen LogP contribution is 2.34. The molecule has 7 nitrogen and oxygen atoms in total. The quantitative estimate of drug-likeness (QED) is 0.924. The molecule has 1 aliphatic carbocycles. The maximum Gasteiger partial charge on any atom is 0.317 e. The number of ether oxygens (including phenoxy) is 1. The van der Waals surface area contributed by atoms with Gasteiger partial charge in [-0.3, -0.25) is 0 Å². The van der Waals surface area contributed by atoms with Crippen LogP contribution < -0.4 is 5.32 Å². The van der Waals surface area contributed by atoms with Crippen molar-refractivity contribution < 1.29 is 9.53 Å². The largest absolute Gasteiger partial charge is 0.376 e. The van der Waals surface area contributed by atoms with E-state index in [2.05, 4.69) is 20.1 Å². The zero-order valence-corrected chi connectivity index (χ0v) is 14.4. The third-order valence-electron chi connectivity index (χ3n) is 5.33. The first-order valence-electron chi connectivity index (χ1n) is 8.76. The van der Waals surface area contributed by atoms with Gasteiger partial charge in [0.2, 0.25) is 0 Å². The van der Waals surface area contributed by atoms with Crippen LogP contribution in [-0.2, 0) is 17.8 Å². The molecule has 7 heteroatoms. The number of nitrogens with one attached hydrogen (secondary N) is 1. The summed E-state index contributed by atoms with van der Waals surface area (Å²) < 4.78 is 7.66. The molecule has 0 bridgehead atoms. The molecule has 2 aromatic rings. The Morgan fingerprint density at radius 2 is 2.04 bits per heavy atom. The standard InChI is InChI=1S/C18H23N5O2/c1-25-18(8-5-9-18)13-19-17(24)22-10-11-23-15(12-22)20-21-16(23)14-6-3-2-4-7-14/h2-4,6-7H,5,8-13H2,1H3,(H,19,24). The van der Waals surface area contributed by atoms with Gasteiger partial charge in [0.05, 0.1) is 12.1 Å². The smallest absolute Gasteiger partial charge is 0.317 e. The predicted molar refractivity (Wildman–Crippen MR) is 92.9 cm³/mol. The van der Waals surface area contributed by atoms with E-state index in [0.29, 0.717) is 26.2 Å². The number of carbonyl (C=O) groups excluding carboxylic acids is 1. The topological polar surface area (TPSA) is 72.3 Å². The highest BCUT2D eigenvalue weighted by molar-refractivity contribution is 5.74. The summed E-state index contributed by atoms with van der Waals surface area (Å²) in [4.78, 5) is 14.3. The minimum atomic E-state index is -0.161. The number of carbonyl (C=O) groups is 1. The number of rotatable bonds is 4. The van der Waals surface area contributed by atoms with Gasteiger partial charge >= 0.3 is 6.03 Å². The van der Waals surface area contributed by atoms with E-state index in [1.807, 2.05) is 30.3 Å². The Hall–Kier alpha value is -2.41. The van der Waals surface area contributed by atoms with Crippen LogP contribution in [0.4, 0.5) is 4.79 Å². The van der Waals surface area contributed by atoms with Crippen molar-refractivity contribution in [2.75, 3.05) is 20.2 Å². The molecule has 1 aromatic carbocycles. The summed E-state index contributed by atoms with van der Waals surface area (Å²) in [5, 5.41) is 11.6. The van der Waals surface area contributed by atoms with Crippen molar-refractivity contribution in [3.63, 3.8) is 0 Å². The lowest BCUT2D eigenvalue weighted by molar-refractivity contribution is -0.0679. The summed E-state index contributed by atoms with van der Waals surface area (Å²) in [6.45, 7) is 2.40. The molecule has 0 unspecified atom stereocenters. The van der Waals surface area contributed by atoms with Crippen molar-refractivity contribution in [3.05, 3.63) is 36.2 Å². The molecule has 1 aliphatic heterocycles. The second kappa shape index (κ2) is 6.48. The van der Waals surface area contributed by atoms with Crippen molar-refractivity contribution in [3.8, 4) is 11.4 Å². The summed E-state index contributed by atoms with van der Waals surface area (Å²) >= 11 is 0. The van der Waals surface area contributed by atoms with Crippen LogP contribution in [0, 0.1) is 0 Å². The molecule has 0 spiro atoms. The average molecular weight is 341 g/mol. The molecule has 0 radical (unpaired) electrons. The molecule has 132 valence electrons. The lowest BCUT2D eigenvalue weighted by Gasteiger charge is -2.41. The number of hydrogen-bond acceptors (Lipinski definition) is 4. The van der Waals surface area contributed by atoms with Crippen LogP contribution in [0.3, 0.4) is 0 Å². The molecule has 2 heterocycles. The Labute approximate surface area is 147 Å². The second-order valence-corrected chi connectivity index (χ2v) is 6.78. The fourth-order valence-electron chi connectivity index (χ4n) is 3.50. The SMILES string of the molecule is COC1(CNC(=O)N2CCn3c(nnc3-c3ccccc3)C2)CCC1. The third kappa shape index (κ3) is 3.00. The highest BCUT2D eigenvalue weighted by Gasteiger charge is 2.37. The molecule has 1 aromatic heterocycles. The number of fused-ring (bicyclic) bond motifs is 1.